The topological polar surface area (TPSA) is 3.24 Å². The van der Waals surface area contributed by atoms with Gasteiger partial charge in [-0.15, -0.1) is 11.8 Å². The molecule has 0 saturated carbocycles. The van der Waals surface area contributed by atoms with Crippen LogP contribution in [0.25, 0.3) is 0 Å². The van der Waals surface area contributed by atoms with E-state index in [4.69, 9.17) is 0 Å². The molecular formula is C13H19NS. The van der Waals surface area contributed by atoms with Crippen molar-refractivity contribution >= 4 is 11.8 Å². The average Bonchev–Trinajstić information content (AvgIpc) is 2.50. The van der Waals surface area contributed by atoms with Gasteiger partial charge in [-0.05, 0) is 26.3 Å². The average molecular weight is 221 g/mol. The predicted octanol–water partition coefficient (Wildman–Crippen LogP) is 3.28. The van der Waals surface area contributed by atoms with E-state index in [9.17, 15) is 0 Å². The summed E-state index contributed by atoms with van der Waals surface area (Å²) in [5, 5.41) is 0. The van der Waals surface area contributed by atoms with Crippen LogP contribution in [-0.4, -0.2) is 22.1 Å². The van der Waals surface area contributed by atoms with Gasteiger partial charge in [-0.2, -0.15) is 0 Å². The van der Waals surface area contributed by atoms with Gasteiger partial charge in [-0.25, -0.2) is 0 Å². The highest BCUT2D eigenvalue weighted by atomic mass is 32.2. The van der Waals surface area contributed by atoms with Gasteiger partial charge in [0.05, 0.1) is 4.87 Å². The summed E-state index contributed by atoms with van der Waals surface area (Å²) in [4.78, 5) is 2.87. The van der Waals surface area contributed by atoms with Gasteiger partial charge in [0.25, 0.3) is 0 Å². The van der Waals surface area contributed by atoms with Crippen molar-refractivity contribution in [2.45, 2.75) is 32.2 Å². The summed E-state index contributed by atoms with van der Waals surface area (Å²) < 4.78 is 0. The Balaban J connectivity index is 2.06. The minimum atomic E-state index is 0.310. The molecule has 1 saturated heterocycles. The first-order valence-electron chi connectivity index (χ1n) is 5.52. The number of hydrogen-bond acceptors (Lipinski definition) is 2. The molecule has 1 aliphatic heterocycles. The zero-order chi connectivity index (χ0) is 10.9. The molecule has 0 spiro atoms. The highest BCUT2D eigenvalue weighted by molar-refractivity contribution is 8.00. The molecule has 1 aliphatic rings. The Bertz CT molecular complexity index is 329. The van der Waals surface area contributed by atoms with Crippen LogP contribution in [0.5, 0.6) is 0 Å². The maximum atomic E-state index is 2.56. The van der Waals surface area contributed by atoms with E-state index in [1.807, 2.05) is 0 Å². The van der Waals surface area contributed by atoms with Crippen molar-refractivity contribution < 1.29 is 0 Å². The summed E-state index contributed by atoms with van der Waals surface area (Å²) in [7, 11) is 0. The quantitative estimate of drug-likeness (QED) is 0.754. The molecule has 0 aromatic heterocycles. The fraction of sp³-hybridized carbons (Fsp3) is 0.538. The third-order valence-electron chi connectivity index (χ3n) is 3.07. The summed E-state index contributed by atoms with van der Waals surface area (Å²) in [6.07, 6.45) is 0. The van der Waals surface area contributed by atoms with Crippen molar-refractivity contribution in [1.29, 1.82) is 0 Å². The van der Waals surface area contributed by atoms with Gasteiger partial charge in [-0.1, -0.05) is 29.8 Å². The lowest BCUT2D eigenvalue weighted by molar-refractivity contribution is 0.216. The summed E-state index contributed by atoms with van der Waals surface area (Å²) in [6.45, 7) is 9.07. The second-order valence-electron chi connectivity index (χ2n) is 4.70. The van der Waals surface area contributed by atoms with E-state index in [1.165, 1.54) is 23.4 Å². The monoisotopic (exact) mass is 221 g/mol. The fourth-order valence-electron chi connectivity index (χ4n) is 1.95. The van der Waals surface area contributed by atoms with Gasteiger partial charge >= 0.3 is 0 Å². The van der Waals surface area contributed by atoms with Gasteiger partial charge in [0, 0.05) is 18.8 Å². The normalized spacial score (nSPS) is 20.7. The summed E-state index contributed by atoms with van der Waals surface area (Å²) in [5.74, 6) is 1.26. The lowest BCUT2D eigenvalue weighted by Crippen LogP contribution is -2.35. The first-order chi connectivity index (χ1) is 7.08. The second kappa shape index (κ2) is 4.18. The van der Waals surface area contributed by atoms with Crippen LogP contribution in [0.4, 0.5) is 0 Å². The van der Waals surface area contributed by atoms with E-state index < -0.39 is 0 Å². The predicted molar refractivity (Wildman–Crippen MR) is 68.1 cm³/mol. The number of thioether (sulfide) groups is 1. The molecule has 2 heteroatoms. The van der Waals surface area contributed by atoms with Crippen LogP contribution >= 0.6 is 11.8 Å². The van der Waals surface area contributed by atoms with Crippen LogP contribution in [-0.2, 0) is 6.54 Å². The molecule has 0 atom stereocenters. The van der Waals surface area contributed by atoms with Gasteiger partial charge in [0.2, 0.25) is 0 Å². The minimum absolute atomic E-state index is 0.310. The Hall–Kier alpha value is -0.470. The Kier molecular flexibility index (Phi) is 3.08. The minimum Gasteiger partial charge on any atom is -0.284 e. The highest BCUT2D eigenvalue weighted by Crippen LogP contribution is 2.35. The largest absolute Gasteiger partial charge is 0.284 e. The third kappa shape index (κ3) is 2.56. The molecule has 0 unspecified atom stereocenters. The zero-order valence-electron chi connectivity index (χ0n) is 9.79. The number of nitrogens with zero attached hydrogens (tertiary/aromatic N) is 1. The van der Waals surface area contributed by atoms with Crippen LogP contribution in [0.15, 0.2) is 24.3 Å². The molecule has 1 nitrogen and oxygen atoms in total. The van der Waals surface area contributed by atoms with Crippen LogP contribution in [0.1, 0.15) is 25.0 Å². The maximum absolute atomic E-state index is 2.56. The SMILES string of the molecule is Cc1ccc(CN2CCSC2(C)C)cc1. The molecule has 1 aromatic carbocycles. The van der Waals surface area contributed by atoms with Crippen LogP contribution in [0.2, 0.25) is 0 Å². The fourth-order valence-corrected chi connectivity index (χ4v) is 3.10. The molecule has 0 N–H and O–H groups in total. The summed E-state index contributed by atoms with van der Waals surface area (Å²) in [6, 6.07) is 8.89. The molecule has 1 heterocycles. The number of hydrogen-bond donors (Lipinski definition) is 0. The van der Waals surface area contributed by atoms with Crippen molar-refractivity contribution in [2.24, 2.45) is 0 Å². The van der Waals surface area contributed by atoms with Crippen LogP contribution < -0.4 is 0 Å². The van der Waals surface area contributed by atoms with Crippen molar-refractivity contribution in [2.75, 3.05) is 12.3 Å². The van der Waals surface area contributed by atoms with Crippen LogP contribution in [0, 0.1) is 6.92 Å². The number of aryl methyl sites for hydroxylation is 1. The second-order valence-corrected chi connectivity index (χ2v) is 6.40. The molecule has 0 bridgehead atoms. The first kappa shape index (κ1) is 11.0. The standard InChI is InChI=1S/C13H19NS/c1-11-4-6-12(7-5-11)10-14-8-9-15-13(14,2)3/h4-7H,8-10H2,1-3H3. The summed E-state index contributed by atoms with van der Waals surface area (Å²) in [5.41, 5.74) is 2.77. The molecular weight excluding hydrogens is 202 g/mol. The van der Waals surface area contributed by atoms with E-state index in [2.05, 4.69) is 61.7 Å². The number of rotatable bonds is 2. The smallest absolute Gasteiger partial charge is 0.0616 e. The lowest BCUT2D eigenvalue weighted by atomic mass is 10.1. The molecule has 82 valence electrons. The Morgan fingerprint density at radius 3 is 2.47 bits per heavy atom. The van der Waals surface area contributed by atoms with E-state index in [-0.39, 0.29) is 0 Å². The zero-order valence-corrected chi connectivity index (χ0v) is 10.6. The molecule has 1 aromatic rings. The van der Waals surface area contributed by atoms with Crippen molar-refractivity contribution in [3.8, 4) is 0 Å². The summed E-state index contributed by atoms with van der Waals surface area (Å²) >= 11 is 2.06. The Morgan fingerprint density at radius 2 is 1.93 bits per heavy atom. The molecule has 0 aliphatic carbocycles. The van der Waals surface area contributed by atoms with Crippen molar-refractivity contribution in [1.82, 2.24) is 4.90 Å². The van der Waals surface area contributed by atoms with Crippen molar-refractivity contribution in [3.63, 3.8) is 0 Å². The molecule has 0 amide bonds. The van der Waals surface area contributed by atoms with E-state index in [0.29, 0.717) is 4.87 Å². The lowest BCUT2D eigenvalue weighted by Gasteiger charge is -2.30. The van der Waals surface area contributed by atoms with Crippen molar-refractivity contribution in [3.05, 3.63) is 35.4 Å². The maximum Gasteiger partial charge on any atom is 0.0616 e. The van der Waals surface area contributed by atoms with E-state index >= 15 is 0 Å². The van der Waals surface area contributed by atoms with Gasteiger partial charge in [0.15, 0.2) is 0 Å². The first-order valence-corrected chi connectivity index (χ1v) is 6.51. The van der Waals surface area contributed by atoms with E-state index in [0.717, 1.165) is 6.54 Å². The molecule has 1 fully saturated rings. The molecule has 15 heavy (non-hydrogen) atoms. The van der Waals surface area contributed by atoms with Crippen LogP contribution in [0.3, 0.4) is 0 Å². The van der Waals surface area contributed by atoms with E-state index in [1.54, 1.807) is 0 Å². The molecule has 2 rings (SSSR count). The molecule has 0 radical (unpaired) electrons. The Morgan fingerprint density at radius 1 is 1.27 bits per heavy atom. The highest BCUT2D eigenvalue weighted by Gasteiger charge is 2.32. The van der Waals surface area contributed by atoms with Gasteiger partial charge in [-0.3, -0.25) is 4.90 Å². The Labute approximate surface area is 96.9 Å². The third-order valence-corrected chi connectivity index (χ3v) is 4.42. The van der Waals surface area contributed by atoms with Gasteiger partial charge in [0.1, 0.15) is 0 Å². The number of benzene rings is 1. The van der Waals surface area contributed by atoms with Gasteiger partial charge < -0.3 is 0 Å².